The second-order valence-corrected chi connectivity index (χ2v) is 5.78. The number of rotatable bonds is 6. The zero-order valence-corrected chi connectivity index (χ0v) is 12.9. The lowest BCUT2D eigenvalue weighted by atomic mass is 10.1. The molecule has 3 heterocycles. The zero-order valence-electron chi connectivity index (χ0n) is 12.1. The van der Waals surface area contributed by atoms with Gasteiger partial charge in [0.1, 0.15) is 0 Å². The zero-order chi connectivity index (χ0) is 15.2. The molecule has 22 heavy (non-hydrogen) atoms. The summed E-state index contributed by atoms with van der Waals surface area (Å²) in [4.78, 5) is 16.5. The molecule has 1 atom stereocenters. The average molecular weight is 311 g/mol. The summed E-state index contributed by atoms with van der Waals surface area (Å²) in [7, 11) is 0. The van der Waals surface area contributed by atoms with Gasteiger partial charge in [-0.3, -0.25) is 9.78 Å². The van der Waals surface area contributed by atoms with Gasteiger partial charge in [-0.1, -0.05) is 6.07 Å². The average Bonchev–Trinajstić information content (AvgIpc) is 3.25. The first kappa shape index (κ1) is 14.5. The van der Waals surface area contributed by atoms with Crippen molar-refractivity contribution in [2.75, 3.05) is 0 Å². The van der Waals surface area contributed by atoms with Crippen LogP contribution >= 0.6 is 11.3 Å². The standard InChI is InChI=1S/C17H17N3OS/c21-17(19-12-15-5-1-2-7-18-15)11-16(14-6-10-22-13-14)20-8-3-4-9-20/h1-10,13,16H,11-12H2,(H,19,21)/t16-/m1/s1. The van der Waals surface area contributed by atoms with Gasteiger partial charge in [0.25, 0.3) is 0 Å². The van der Waals surface area contributed by atoms with E-state index in [1.807, 2.05) is 48.1 Å². The van der Waals surface area contributed by atoms with Crippen LogP contribution in [0.5, 0.6) is 0 Å². The highest BCUT2D eigenvalue weighted by Crippen LogP contribution is 2.24. The first-order chi connectivity index (χ1) is 10.8. The topological polar surface area (TPSA) is 46.9 Å². The number of carbonyl (C=O) groups excluding carboxylic acids is 1. The lowest BCUT2D eigenvalue weighted by molar-refractivity contribution is -0.121. The minimum Gasteiger partial charge on any atom is -0.350 e. The molecule has 0 aliphatic carbocycles. The van der Waals surface area contributed by atoms with Crippen LogP contribution in [0.3, 0.4) is 0 Å². The molecule has 0 radical (unpaired) electrons. The number of thiophene rings is 1. The summed E-state index contributed by atoms with van der Waals surface area (Å²) in [6.45, 7) is 0.460. The van der Waals surface area contributed by atoms with Gasteiger partial charge in [-0.2, -0.15) is 11.3 Å². The molecule has 3 aromatic heterocycles. The third kappa shape index (κ3) is 3.62. The maximum absolute atomic E-state index is 12.3. The summed E-state index contributed by atoms with van der Waals surface area (Å²) in [6.07, 6.45) is 6.14. The molecular weight excluding hydrogens is 294 g/mol. The lowest BCUT2D eigenvalue weighted by Gasteiger charge is -2.18. The third-order valence-corrected chi connectivity index (χ3v) is 4.19. The quantitative estimate of drug-likeness (QED) is 0.759. The van der Waals surface area contributed by atoms with E-state index in [-0.39, 0.29) is 11.9 Å². The van der Waals surface area contributed by atoms with Crippen LogP contribution < -0.4 is 5.32 Å². The fourth-order valence-corrected chi connectivity index (χ4v) is 3.06. The smallest absolute Gasteiger partial charge is 0.222 e. The molecule has 0 bridgehead atoms. The number of nitrogens with one attached hydrogen (secondary N) is 1. The van der Waals surface area contributed by atoms with E-state index < -0.39 is 0 Å². The number of pyridine rings is 1. The summed E-state index contributed by atoms with van der Waals surface area (Å²) >= 11 is 1.65. The Morgan fingerprint density at radius 2 is 2.09 bits per heavy atom. The molecule has 0 fully saturated rings. The Bertz CT molecular complexity index is 659. The Labute approximate surface area is 133 Å². The van der Waals surface area contributed by atoms with Crippen LogP contribution in [0.4, 0.5) is 0 Å². The van der Waals surface area contributed by atoms with Gasteiger partial charge >= 0.3 is 0 Å². The second-order valence-electron chi connectivity index (χ2n) is 5.00. The largest absolute Gasteiger partial charge is 0.350 e. The van der Waals surface area contributed by atoms with Gasteiger partial charge in [-0.05, 0) is 46.7 Å². The van der Waals surface area contributed by atoms with Gasteiger partial charge in [0.15, 0.2) is 0 Å². The number of hydrogen-bond acceptors (Lipinski definition) is 3. The molecule has 1 amide bonds. The summed E-state index contributed by atoms with van der Waals surface area (Å²) in [6, 6.07) is 11.7. The van der Waals surface area contributed by atoms with Gasteiger partial charge in [0.2, 0.25) is 5.91 Å². The van der Waals surface area contributed by atoms with E-state index >= 15 is 0 Å². The second kappa shape index (κ2) is 7.04. The molecule has 0 aromatic carbocycles. The Kier molecular flexibility index (Phi) is 4.65. The molecule has 0 unspecified atom stereocenters. The monoisotopic (exact) mass is 311 g/mol. The van der Waals surface area contributed by atoms with Gasteiger partial charge < -0.3 is 9.88 Å². The minimum absolute atomic E-state index is 0.0237. The third-order valence-electron chi connectivity index (χ3n) is 3.49. The minimum atomic E-state index is 0.0237. The Balaban J connectivity index is 1.65. The predicted molar refractivity (Wildman–Crippen MR) is 87.6 cm³/mol. The van der Waals surface area contributed by atoms with E-state index in [0.29, 0.717) is 13.0 Å². The molecular formula is C17H17N3OS. The van der Waals surface area contributed by atoms with Crippen LogP contribution in [-0.4, -0.2) is 15.5 Å². The molecule has 5 heteroatoms. The van der Waals surface area contributed by atoms with Crippen LogP contribution in [0, 0.1) is 0 Å². The van der Waals surface area contributed by atoms with E-state index in [1.54, 1.807) is 17.5 Å². The highest BCUT2D eigenvalue weighted by Gasteiger charge is 2.17. The fraction of sp³-hybridized carbons (Fsp3) is 0.176. The van der Waals surface area contributed by atoms with Crippen molar-refractivity contribution in [3.63, 3.8) is 0 Å². The molecule has 0 aliphatic rings. The van der Waals surface area contributed by atoms with E-state index in [0.717, 1.165) is 11.3 Å². The van der Waals surface area contributed by atoms with E-state index in [9.17, 15) is 4.79 Å². The number of hydrogen-bond donors (Lipinski definition) is 1. The summed E-state index contributed by atoms with van der Waals surface area (Å²) in [5.74, 6) is 0.0237. The van der Waals surface area contributed by atoms with Gasteiger partial charge in [0.05, 0.1) is 24.7 Å². The first-order valence-corrected chi connectivity index (χ1v) is 8.08. The van der Waals surface area contributed by atoms with Crippen LogP contribution in [0.2, 0.25) is 0 Å². The van der Waals surface area contributed by atoms with Crippen molar-refractivity contribution in [2.24, 2.45) is 0 Å². The van der Waals surface area contributed by atoms with Crippen molar-refractivity contribution < 1.29 is 4.79 Å². The highest BCUT2D eigenvalue weighted by molar-refractivity contribution is 7.07. The summed E-state index contributed by atoms with van der Waals surface area (Å²) in [5, 5.41) is 7.08. The van der Waals surface area contributed by atoms with Crippen molar-refractivity contribution >= 4 is 17.2 Å². The number of carbonyl (C=O) groups is 1. The van der Waals surface area contributed by atoms with Crippen molar-refractivity contribution in [3.05, 3.63) is 77.0 Å². The van der Waals surface area contributed by atoms with Crippen molar-refractivity contribution in [3.8, 4) is 0 Å². The van der Waals surface area contributed by atoms with Crippen molar-refractivity contribution in [1.29, 1.82) is 0 Å². The SMILES string of the molecule is O=C(C[C@H](c1ccsc1)n1cccc1)NCc1ccccn1. The molecule has 112 valence electrons. The Morgan fingerprint density at radius 3 is 2.77 bits per heavy atom. The van der Waals surface area contributed by atoms with E-state index in [1.165, 1.54) is 0 Å². The maximum atomic E-state index is 12.3. The van der Waals surface area contributed by atoms with Crippen LogP contribution in [0.1, 0.15) is 23.7 Å². The lowest BCUT2D eigenvalue weighted by Crippen LogP contribution is -2.26. The predicted octanol–water partition coefficient (Wildman–Crippen LogP) is 3.24. The number of aromatic nitrogens is 2. The normalized spacial score (nSPS) is 12.0. The molecule has 3 aromatic rings. The maximum Gasteiger partial charge on any atom is 0.222 e. The van der Waals surface area contributed by atoms with Crippen LogP contribution in [0.15, 0.2) is 65.7 Å². The van der Waals surface area contributed by atoms with Crippen molar-refractivity contribution in [2.45, 2.75) is 19.0 Å². The molecule has 1 N–H and O–H groups in total. The van der Waals surface area contributed by atoms with Gasteiger partial charge in [-0.15, -0.1) is 0 Å². The van der Waals surface area contributed by atoms with Crippen LogP contribution in [0.25, 0.3) is 0 Å². The molecule has 0 aliphatic heterocycles. The van der Waals surface area contributed by atoms with E-state index in [4.69, 9.17) is 0 Å². The summed E-state index contributed by atoms with van der Waals surface area (Å²) < 4.78 is 2.07. The number of nitrogens with zero attached hydrogens (tertiary/aromatic N) is 2. The van der Waals surface area contributed by atoms with Gasteiger partial charge in [0, 0.05) is 18.6 Å². The van der Waals surface area contributed by atoms with Gasteiger partial charge in [-0.25, -0.2) is 0 Å². The van der Waals surface area contributed by atoms with Crippen molar-refractivity contribution in [1.82, 2.24) is 14.9 Å². The fourth-order valence-electron chi connectivity index (χ4n) is 2.36. The van der Waals surface area contributed by atoms with Crippen LogP contribution in [-0.2, 0) is 11.3 Å². The molecule has 0 saturated carbocycles. The Morgan fingerprint density at radius 1 is 1.23 bits per heavy atom. The number of amides is 1. The summed E-state index contributed by atoms with van der Waals surface area (Å²) in [5.41, 5.74) is 2.03. The van der Waals surface area contributed by atoms with E-state index in [2.05, 4.69) is 26.3 Å². The molecule has 4 nitrogen and oxygen atoms in total. The molecule has 0 spiro atoms. The molecule has 0 saturated heterocycles. The Hall–Kier alpha value is -2.40. The highest BCUT2D eigenvalue weighted by atomic mass is 32.1. The first-order valence-electron chi connectivity index (χ1n) is 7.14. The molecule has 3 rings (SSSR count).